The van der Waals surface area contributed by atoms with Crippen LogP contribution in [0.2, 0.25) is 0 Å². The van der Waals surface area contributed by atoms with Crippen molar-refractivity contribution in [1.82, 2.24) is 25.7 Å². The van der Waals surface area contributed by atoms with Gasteiger partial charge in [0.2, 0.25) is 11.7 Å². The summed E-state index contributed by atoms with van der Waals surface area (Å²) in [7, 11) is 0. The van der Waals surface area contributed by atoms with E-state index in [4.69, 9.17) is 4.74 Å². The maximum Gasteiger partial charge on any atom is 0.408 e. The van der Waals surface area contributed by atoms with E-state index in [9.17, 15) is 19.2 Å². The van der Waals surface area contributed by atoms with E-state index in [0.29, 0.717) is 32.4 Å². The Labute approximate surface area is 204 Å². The number of nitrogens with one attached hydrogen (secondary N) is 3. The molecule has 2 heterocycles. The summed E-state index contributed by atoms with van der Waals surface area (Å²) in [5.41, 5.74) is 1.74. The van der Waals surface area contributed by atoms with Crippen LogP contribution in [0.3, 0.4) is 0 Å². The standard InChI is InChI=1S/C25H33N5O5/c1-17(2)13-21(29-25(34)35-16-18-7-4-3-5-8-18)23(32)28-20-10-9-19-14-27-30(15-19)12-6-11-26-24(33)22(20)31/h3-5,7-8,14-15,17,20-21H,6,9-13,16H2,1-2H3,(H,26,33)(H,28,32)(H,29,34). The lowest BCUT2D eigenvalue weighted by Crippen LogP contribution is -2.54. The van der Waals surface area contributed by atoms with Gasteiger partial charge >= 0.3 is 6.09 Å². The minimum Gasteiger partial charge on any atom is -0.445 e. The molecule has 1 aromatic carbocycles. The molecular weight excluding hydrogens is 450 g/mol. The molecule has 10 nitrogen and oxygen atoms in total. The molecule has 1 aromatic heterocycles. The van der Waals surface area contributed by atoms with Gasteiger partial charge < -0.3 is 20.7 Å². The quantitative estimate of drug-likeness (QED) is 0.514. The summed E-state index contributed by atoms with van der Waals surface area (Å²) in [5.74, 6) is -1.89. The highest BCUT2D eigenvalue weighted by Gasteiger charge is 2.31. The zero-order valence-electron chi connectivity index (χ0n) is 20.2. The van der Waals surface area contributed by atoms with Crippen molar-refractivity contribution < 1.29 is 23.9 Å². The average molecular weight is 484 g/mol. The lowest BCUT2D eigenvalue weighted by atomic mass is 10.00. The highest BCUT2D eigenvalue weighted by Crippen LogP contribution is 2.10. The minimum absolute atomic E-state index is 0.0671. The Morgan fingerprint density at radius 1 is 1.23 bits per heavy atom. The summed E-state index contributed by atoms with van der Waals surface area (Å²) >= 11 is 0. The van der Waals surface area contributed by atoms with Gasteiger partial charge in [-0.3, -0.25) is 19.1 Å². The first-order valence-electron chi connectivity index (χ1n) is 11.9. The third-order valence-electron chi connectivity index (χ3n) is 5.64. The van der Waals surface area contributed by atoms with Gasteiger partial charge in [0.25, 0.3) is 5.91 Å². The minimum atomic E-state index is -1.03. The van der Waals surface area contributed by atoms with Crippen molar-refractivity contribution in [2.24, 2.45) is 5.92 Å². The first-order valence-corrected chi connectivity index (χ1v) is 11.9. The average Bonchev–Trinajstić information content (AvgIpc) is 3.29. The molecule has 2 aromatic rings. The first-order chi connectivity index (χ1) is 16.8. The molecule has 0 radical (unpaired) electrons. The molecular formula is C25H33N5O5. The van der Waals surface area contributed by atoms with Crippen molar-refractivity contribution in [1.29, 1.82) is 0 Å². The molecule has 3 rings (SSSR count). The van der Waals surface area contributed by atoms with E-state index in [1.807, 2.05) is 50.4 Å². The van der Waals surface area contributed by atoms with Gasteiger partial charge in [-0.15, -0.1) is 0 Å². The van der Waals surface area contributed by atoms with Crippen LogP contribution in [-0.4, -0.2) is 52.1 Å². The Morgan fingerprint density at radius 3 is 2.74 bits per heavy atom. The van der Waals surface area contributed by atoms with Crippen LogP contribution in [-0.2, 0) is 38.7 Å². The van der Waals surface area contributed by atoms with Gasteiger partial charge in [0, 0.05) is 19.3 Å². The molecule has 35 heavy (non-hydrogen) atoms. The molecule has 2 unspecified atom stereocenters. The van der Waals surface area contributed by atoms with E-state index in [2.05, 4.69) is 21.0 Å². The van der Waals surface area contributed by atoms with E-state index in [1.54, 1.807) is 10.9 Å². The van der Waals surface area contributed by atoms with Crippen LogP contribution in [0.4, 0.5) is 4.79 Å². The highest BCUT2D eigenvalue weighted by atomic mass is 16.5. The number of ether oxygens (including phenoxy) is 1. The van der Waals surface area contributed by atoms with Crippen LogP contribution in [0.5, 0.6) is 0 Å². The lowest BCUT2D eigenvalue weighted by Gasteiger charge is -2.23. The zero-order valence-corrected chi connectivity index (χ0v) is 20.2. The summed E-state index contributed by atoms with van der Waals surface area (Å²) in [6.45, 7) is 4.87. The second-order valence-corrected chi connectivity index (χ2v) is 9.07. The fourth-order valence-corrected chi connectivity index (χ4v) is 3.81. The predicted octanol–water partition coefficient (Wildman–Crippen LogP) is 1.73. The van der Waals surface area contributed by atoms with E-state index in [0.717, 1.165) is 11.1 Å². The van der Waals surface area contributed by atoms with Crippen LogP contribution in [0.25, 0.3) is 0 Å². The zero-order chi connectivity index (χ0) is 25.2. The van der Waals surface area contributed by atoms with Gasteiger partial charge in [0.1, 0.15) is 12.6 Å². The van der Waals surface area contributed by atoms with Gasteiger partial charge in [-0.1, -0.05) is 44.2 Å². The Hall–Kier alpha value is -3.69. The molecule has 2 bridgehead atoms. The van der Waals surface area contributed by atoms with Crippen LogP contribution in [0.1, 0.15) is 44.2 Å². The van der Waals surface area contributed by atoms with E-state index < -0.39 is 35.8 Å². The Kier molecular flexibility index (Phi) is 9.39. The maximum absolute atomic E-state index is 13.1. The molecule has 1 aliphatic rings. The molecule has 0 fully saturated rings. The third-order valence-corrected chi connectivity index (χ3v) is 5.64. The molecule has 2 atom stereocenters. The SMILES string of the molecule is CC(C)CC(NC(=O)OCc1ccccc1)C(=O)NC1CCc2cnn(c2)CCCNC(=O)C1=O. The van der Waals surface area contributed by atoms with Crippen LogP contribution >= 0.6 is 0 Å². The van der Waals surface area contributed by atoms with Gasteiger partial charge in [-0.2, -0.15) is 5.10 Å². The number of carbonyl (C=O) groups excluding carboxylic acids is 4. The summed E-state index contributed by atoms with van der Waals surface area (Å²) in [6, 6.07) is 7.26. The lowest BCUT2D eigenvalue weighted by molar-refractivity contribution is -0.140. The highest BCUT2D eigenvalue weighted by molar-refractivity contribution is 6.38. The van der Waals surface area contributed by atoms with E-state index in [-0.39, 0.29) is 18.9 Å². The van der Waals surface area contributed by atoms with Crippen molar-refractivity contribution >= 4 is 23.7 Å². The van der Waals surface area contributed by atoms with Crippen LogP contribution in [0, 0.1) is 5.92 Å². The van der Waals surface area contributed by atoms with Crippen molar-refractivity contribution in [3.05, 3.63) is 53.9 Å². The number of rotatable bonds is 7. The number of hydrogen-bond donors (Lipinski definition) is 3. The Morgan fingerprint density at radius 2 is 2.00 bits per heavy atom. The number of Topliss-reactive ketones (excluding diaryl/α,β-unsaturated/α-hetero) is 1. The number of hydrogen-bond acceptors (Lipinski definition) is 6. The topological polar surface area (TPSA) is 131 Å². The fourth-order valence-electron chi connectivity index (χ4n) is 3.81. The third kappa shape index (κ3) is 8.24. The van der Waals surface area contributed by atoms with Crippen molar-refractivity contribution in [2.75, 3.05) is 6.54 Å². The Balaban J connectivity index is 1.66. The largest absolute Gasteiger partial charge is 0.445 e. The van der Waals surface area contributed by atoms with E-state index >= 15 is 0 Å². The molecule has 188 valence electrons. The molecule has 0 saturated carbocycles. The van der Waals surface area contributed by atoms with Crippen LogP contribution < -0.4 is 16.0 Å². The Bertz CT molecular complexity index is 1020. The number of aryl methyl sites for hydroxylation is 2. The fraction of sp³-hybridized carbons (Fsp3) is 0.480. The number of carbonyl (C=O) groups is 4. The smallest absolute Gasteiger partial charge is 0.408 e. The summed E-state index contributed by atoms with van der Waals surface area (Å²) < 4.78 is 7.05. The summed E-state index contributed by atoms with van der Waals surface area (Å²) in [4.78, 5) is 50.7. The normalized spacial score (nSPS) is 17.5. The predicted molar refractivity (Wildman–Crippen MR) is 128 cm³/mol. The van der Waals surface area contributed by atoms with Crippen LogP contribution in [0.15, 0.2) is 42.7 Å². The number of benzene rings is 1. The summed E-state index contributed by atoms with van der Waals surface area (Å²) in [6.07, 6.45) is 4.56. The molecule has 0 saturated heterocycles. The molecule has 0 spiro atoms. The van der Waals surface area contributed by atoms with Crippen molar-refractivity contribution in [2.45, 2.75) is 64.8 Å². The monoisotopic (exact) mass is 483 g/mol. The summed E-state index contributed by atoms with van der Waals surface area (Å²) in [5, 5.41) is 12.2. The second kappa shape index (κ2) is 12.7. The number of nitrogens with zero attached hydrogens (tertiary/aromatic N) is 2. The molecule has 3 amide bonds. The number of fused-ring (bicyclic) bond motifs is 2. The number of alkyl carbamates (subject to hydrolysis) is 1. The van der Waals surface area contributed by atoms with Gasteiger partial charge in [0.05, 0.1) is 12.2 Å². The first kappa shape index (κ1) is 25.9. The van der Waals surface area contributed by atoms with Gasteiger partial charge in [-0.05, 0) is 42.7 Å². The number of aromatic nitrogens is 2. The van der Waals surface area contributed by atoms with Gasteiger partial charge in [0.15, 0.2) is 0 Å². The molecule has 0 aliphatic carbocycles. The molecule has 10 heteroatoms. The number of amides is 3. The second-order valence-electron chi connectivity index (χ2n) is 9.07. The number of ketones is 1. The van der Waals surface area contributed by atoms with Crippen molar-refractivity contribution in [3.8, 4) is 0 Å². The molecule has 1 aliphatic heterocycles. The molecule has 3 N–H and O–H groups in total. The van der Waals surface area contributed by atoms with E-state index in [1.165, 1.54) is 0 Å². The van der Waals surface area contributed by atoms with Gasteiger partial charge in [-0.25, -0.2) is 4.79 Å². The van der Waals surface area contributed by atoms with Crippen molar-refractivity contribution in [3.63, 3.8) is 0 Å². The maximum atomic E-state index is 13.1.